The first-order valence-corrected chi connectivity index (χ1v) is 6.07. The summed E-state index contributed by atoms with van der Waals surface area (Å²) in [5.74, 6) is 0. The maximum Gasteiger partial charge on any atom is 0.416 e. The highest BCUT2D eigenvalue weighted by molar-refractivity contribution is 5.82. The number of hydrogen-bond donors (Lipinski definition) is 0. The first-order valence-electron chi connectivity index (χ1n) is 6.07. The van der Waals surface area contributed by atoms with Gasteiger partial charge >= 0.3 is 6.18 Å². The average Bonchev–Trinajstić information content (AvgIpc) is 2.46. The normalized spacial score (nSPS) is 11.8. The van der Waals surface area contributed by atoms with Crippen LogP contribution in [0.5, 0.6) is 0 Å². The Balaban J connectivity index is 2.10. The molecule has 2 aromatic carbocycles. The topological polar surface area (TPSA) is 12.9 Å². The Hall–Kier alpha value is -2.36. The molecule has 0 atom stereocenters. The standard InChI is InChI=1S/C16H10F3N/c17-16(18,19)13-7-9-15-12(10-13)6-8-14(20-15)11-4-2-1-3-5-11/h1-10H. The van der Waals surface area contributed by atoms with Crippen LogP contribution in [0.4, 0.5) is 13.2 Å². The summed E-state index contributed by atoms with van der Waals surface area (Å²) in [5, 5.41) is 0.486. The molecule has 0 bridgehead atoms. The van der Waals surface area contributed by atoms with Gasteiger partial charge in [0.1, 0.15) is 0 Å². The lowest BCUT2D eigenvalue weighted by Crippen LogP contribution is -2.04. The van der Waals surface area contributed by atoms with Crippen LogP contribution in [0.3, 0.4) is 0 Å². The molecule has 100 valence electrons. The number of benzene rings is 2. The van der Waals surface area contributed by atoms with Crippen LogP contribution in [0.2, 0.25) is 0 Å². The van der Waals surface area contributed by atoms with E-state index in [0.29, 0.717) is 10.9 Å². The zero-order valence-corrected chi connectivity index (χ0v) is 10.4. The molecular weight excluding hydrogens is 263 g/mol. The number of halogens is 3. The number of aromatic nitrogens is 1. The van der Waals surface area contributed by atoms with Crippen molar-refractivity contribution in [2.45, 2.75) is 6.18 Å². The first kappa shape index (κ1) is 12.7. The maximum atomic E-state index is 12.6. The number of hydrogen-bond acceptors (Lipinski definition) is 1. The smallest absolute Gasteiger partial charge is 0.248 e. The third-order valence-electron chi connectivity index (χ3n) is 3.09. The highest BCUT2D eigenvalue weighted by atomic mass is 19.4. The zero-order valence-electron chi connectivity index (χ0n) is 10.4. The summed E-state index contributed by atoms with van der Waals surface area (Å²) in [4.78, 5) is 4.40. The molecule has 4 heteroatoms. The fourth-order valence-corrected chi connectivity index (χ4v) is 2.07. The molecular formula is C16H10F3N. The van der Waals surface area contributed by atoms with E-state index in [-0.39, 0.29) is 0 Å². The molecule has 0 unspecified atom stereocenters. The van der Waals surface area contributed by atoms with Gasteiger partial charge in [-0.25, -0.2) is 4.98 Å². The van der Waals surface area contributed by atoms with Crippen LogP contribution in [-0.2, 0) is 6.18 Å². The second-order valence-electron chi connectivity index (χ2n) is 4.47. The van der Waals surface area contributed by atoms with Crippen molar-refractivity contribution < 1.29 is 13.2 Å². The third kappa shape index (κ3) is 2.37. The fourth-order valence-electron chi connectivity index (χ4n) is 2.07. The van der Waals surface area contributed by atoms with E-state index in [1.807, 2.05) is 30.3 Å². The number of nitrogens with zero attached hydrogens (tertiary/aromatic N) is 1. The lowest BCUT2D eigenvalue weighted by molar-refractivity contribution is -0.137. The molecule has 20 heavy (non-hydrogen) atoms. The number of pyridine rings is 1. The maximum absolute atomic E-state index is 12.6. The van der Waals surface area contributed by atoms with Gasteiger partial charge in [0.05, 0.1) is 16.8 Å². The zero-order chi connectivity index (χ0) is 14.2. The van der Waals surface area contributed by atoms with E-state index in [0.717, 1.165) is 23.4 Å². The third-order valence-corrected chi connectivity index (χ3v) is 3.09. The van der Waals surface area contributed by atoms with E-state index in [2.05, 4.69) is 4.98 Å². The van der Waals surface area contributed by atoms with Crippen LogP contribution >= 0.6 is 0 Å². The first-order chi connectivity index (χ1) is 9.54. The molecule has 1 nitrogen and oxygen atoms in total. The van der Waals surface area contributed by atoms with Crippen molar-refractivity contribution in [3.63, 3.8) is 0 Å². The van der Waals surface area contributed by atoms with Gasteiger partial charge in [-0.1, -0.05) is 36.4 Å². The minimum Gasteiger partial charge on any atom is -0.248 e. The molecule has 1 heterocycles. The van der Waals surface area contributed by atoms with Crippen LogP contribution in [0.1, 0.15) is 5.56 Å². The largest absolute Gasteiger partial charge is 0.416 e. The van der Waals surface area contributed by atoms with Crippen molar-refractivity contribution in [2.75, 3.05) is 0 Å². The van der Waals surface area contributed by atoms with Crippen molar-refractivity contribution in [1.82, 2.24) is 4.98 Å². The van der Waals surface area contributed by atoms with E-state index >= 15 is 0 Å². The van der Waals surface area contributed by atoms with Gasteiger partial charge in [-0.05, 0) is 24.3 Å². The van der Waals surface area contributed by atoms with Crippen LogP contribution in [0.15, 0.2) is 60.7 Å². The Bertz CT molecular complexity index is 749. The predicted octanol–water partition coefficient (Wildman–Crippen LogP) is 4.92. The molecule has 0 saturated carbocycles. The summed E-state index contributed by atoms with van der Waals surface area (Å²) >= 11 is 0. The summed E-state index contributed by atoms with van der Waals surface area (Å²) in [6.45, 7) is 0. The molecule has 0 amide bonds. The molecule has 1 aromatic heterocycles. The Morgan fingerprint density at radius 3 is 2.25 bits per heavy atom. The molecule has 0 spiro atoms. The summed E-state index contributed by atoms with van der Waals surface area (Å²) in [7, 11) is 0. The van der Waals surface area contributed by atoms with Gasteiger partial charge < -0.3 is 0 Å². The Morgan fingerprint density at radius 1 is 0.800 bits per heavy atom. The van der Waals surface area contributed by atoms with Gasteiger partial charge in [-0.15, -0.1) is 0 Å². The summed E-state index contributed by atoms with van der Waals surface area (Å²) in [6, 6.07) is 16.5. The minimum absolute atomic E-state index is 0.486. The minimum atomic E-state index is -4.33. The lowest BCUT2D eigenvalue weighted by atomic mass is 10.1. The molecule has 0 fully saturated rings. The van der Waals surface area contributed by atoms with Gasteiger partial charge in [0.2, 0.25) is 0 Å². The predicted molar refractivity (Wildman–Crippen MR) is 72.2 cm³/mol. The molecule has 3 rings (SSSR count). The van der Waals surface area contributed by atoms with Gasteiger partial charge in [-0.2, -0.15) is 13.2 Å². The molecule has 0 aliphatic rings. The molecule has 0 N–H and O–H groups in total. The molecule has 3 aromatic rings. The van der Waals surface area contributed by atoms with E-state index in [9.17, 15) is 13.2 Å². The van der Waals surface area contributed by atoms with Crippen molar-refractivity contribution in [1.29, 1.82) is 0 Å². The Morgan fingerprint density at radius 2 is 1.55 bits per heavy atom. The number of alkyl halides is 3. The van der Waals surface area contributed by atoms with Gasteiger partial charge in [0, 0.05) is 10.9 Å². The van der Waals surface area contributed by atoms with Gasteiger partial charge in [-0.3, -0.25) is 0 Å². The summed E-state index contributed by atoms with van der Waals surface area (Å²) in [6.07, 6.45) is -4.33. The Labute approximate surface area is 113 Å². The van der Waals surface area contributed by atoms with Gasteiger partial charge in [0.15, 0.2) is 0 Å². The van der Waals surface area contributed by atoms with Gasteiger partial charge in [0.25, 0.3) is 0 Å². The van der Waals surface area contributed by atoms with E-state index < -0.39 is 11.7 Å². The summed E-state index contributed by atoms with van der Waals surface area (Å²) in [5.41, 5.74) is 1.59. The average molecular weight is 273 g/mol. The number of fused-ring (bicyclic) bond motifs is 1. The SMILES string of the molecule is FC(F)(F)c1ccc2nc(-c3ccccc3)ccc2c1. The van der Waals surface area contributed by atoms with E-state index in [1.54, 1.807) is 12.1 Å². The summed E-state index contributed by atoms with van der Waals surface area (Å²) < 4.78 is 37.9. The van der Waals surface area contributed by atoms with Crippen LogP contribution in [-0.4, -0.2) is 4.98 Å². The monoisotopic (exact) mass is 273 g/mol. The molecule has 0 aliphatic carbocycles. The van der Waals surface area contributed by atoms with E-state index in [4.69, 9.17) is 0 Å². The second-order valence-corrected chi connectivity index (χ2v) is 4.47. The van der Waals surface area contributed by atoms with Crippen molar-refractivity contribution in [3.05, 3.63) is 66.2 Å². The van der Waals surface area contributed by atoms with Crippen molar-refractivity contribution in [2.24, 2.45) is 0 Å². The highest BCUT2D eigenvalue weighted by Gasteiger charge is 2.30. The number of rotatable bonds is 1. The Kier molecular flexibility index (Phi) is 2.93. The fraction of sp³-hybridized carbons (Fsp3) is 0.0625. The lowest BCUT2D eigenvalue weighted by Gasteiger charge is -2.08. The molecule has 0 aliphatic heterocycles. The molecule has 0 saturated heterocycles. The second kappa shape index (κ2) is 4.63. The van der Waals surface area contributed by atoms with Crippen molar-refractivity contribution >= 4 is 10.9 Å². The molecule has 0 radical (unpaired) electrons. The van der Waals surface area contributed by atoms with Crippen LogP contribution < -0.4 is 0 Å². The van der Waals surface area contributed by atoms with Crippen molar-refractivity contribution in [3.8, 4) is 11.3 Å². The quantitative estimate of drug-likeness (QED) is 0.613. The van der Waals surface area contributed by atoms with Crippen LogP contribution in [0.25, 0.3) is 22.2 Å². The highest BCUT2D eigenvalue weighted by Crippen LogP contribution is 2.31. The van der Waals surface area contributed by atoms with Crippen LogP contribution in [0, 0.1) is 0 Å². The van der Waals surface area contributed by atoms with E-state index in [1.165, 1.54) is 6.07 Å².